The van der Waals surface area contributed by atoms with E-state index in [2.05, 4.69) is 0 Å². The Bertz CT molecular complexity index is 1180. The summed E-state index contributed by atoms with van der Waals surface area (Å²) in [4.78, 5) is 31.3. The zero-order chi connectivity index (χ0) is 27.8. The molecule has 1 aliphatic carbocycles. The Balaban J connectivity index is 0.00000441. The fourth-order valence-electron chi connectivity index (χ4n) is 4.89. The molecular formula is C28H35ClN2O6S3. The number of nitrogens with zero attached hydrogens (tertiary/aromatic N) is 2. The van der Waals surface area contributed by atoms with Crippen LogP contribution < -0.4 is 0 Å². The van der Waals surface area contributed by atoms with Crippen LogP contribution in [-0.2, 0) is 14.3 Å². The number of ether oxygens (including phenoxy) is 1. The Morgan fingerprint density at radius 1 is 1.18 bits per heavy atom. The highest BCUT2D eigenvalue weighted by molar-refractivity contribution is 8.26. The van der Waals surface area contributed by atoms with E-state index in [0.29, 0.717) is 47.5 Å². The van der Waals surface area contributed by atoms with Gasteiger partial charge >= 0.3 is 5.97 Å². The predicted molar refractivity (Wildman–Crippen MR) is 166 cm³/mol. The molecule has 8 nitrogen and oxygen atoms in total. The smallest absolute Gasteiger partial charge is 0.309 e. The SMILES string of the molecule is CSc1ccc(-c2ccc(C=C3SC(=S)N(C4CCCC(C(=O)OCCN(CCO)CCO)C4)C3=O)o2)cc1.Cl. The van der Waals surface area contributed by atoms with E-state index >= 15 is 0 Å². The lowest BCUT2D eigenvalue weighted by Gasteiger charge is -2.33. The molecule has 4 rings (SSSR count). The van der Waals surface area contributed by atoms with E-state index in [4.69, 9.17) is 31.6 Å². The van der Waals surface area contributed by atoms with Crippen molar-refractivity contribution >= 4 is 70.4 Å². The Morgan fingerprint density at radius 2 is 1.90 bits per heavy atom. The van der Waals surface area contributed by atoms with Crippen molar-refractivity contribution in [2.24, 2.45) is 5.92 Å². The first kappa shape index (κ1) is 32.7. The number of hydrogen-bond acceptors (Lipinski definition) is 10. The summed E-state index contributed by atoms with van der Waals surface area (Å²) in [6.07, 6.45) is 6.57. The summed E-state index contributed by atoms with van der Waals surface area (Å²) in [6.45, 7) is 1.41. The number of rotatable bonds is 12. The van der Waals surface area contributed by atoms with Crippen molar-refractivity contribution in [3.63, 3.8) is 0 Å². The van der Waals surface area contributed by atoms with Gasteiger partial charge in [-0.2, -0.15) is 0 Å². The van der Waals surface area contributed by atoms with Crippen molar-refractivity contribution in [1.82, 2.24) is 9.80 Å². The lowest BCUT2D eigenvalue weighted by atomic mass is 9.85. The normalized spacial score (nSPS) is 20.3. The number of furan rings is 1. The summed E-state index contributed by atoms with van der Waals surface area (Å²) in [5, 5.41) is 18.3. The van der Waals surface area contributed by atoms with Crippen molar-refractivity contribution in [1.29, 1.82) is 0 Å². The molecule has 12 heteroatoms. The highest BCUT2D eigenvalue weighted by Crippen LogP contribution is 2.39. The highest BCUT2D eigenvalue weighted by Gasteiger charge is 2.40. The molecule has 0 bridgehead atoms. The topological polar surface area (TPSA) is 103 Å². The van der Waals surface area contributed by atoms with Crippen LogP contribution in [0.15, 0.2) is 50.6 Å². The number of aliphatic hydroxyl groups is 2. The van der Waals surface area contributed by atoms with Crippen LogP contribution in [0.1, 0.15) is 31.4 Å². The Hall–Kier alpha value is -1.86. The molecule has 2 aliphatic rings. The molecule has 1 aromatic carbocycles. The monoisotopic (exact) mass is 626 g/mol. The van der Waals surface area contributed by atoms with E-state index in [1.165, 1.54) is 16.7 Å². The van der Waals surface area contributed by atoms with E-state index in [0.717, 1.165) is 24.2 Å². The lowest BCUT2D eigenvalue weighted by Crippen LogP contribution is -2.43. The molecule has 0 spiro atoms. The number of benzene rings is 1. The maximum Gasteiger partial charge on any atom is 0.309 e. The zero-order valence-corrected chi connectivity index (χ0v) is 25.6. The van der Waals surface area contributed by atoms with Crippen LogP contribution in [0.3, 0.4) is 0 Å². The molecular weight excluding hydrogens is 592 g/mol. The van der Waals surface area contributed by atoms with E-state index in [9.17, 15) is 9.59 Å². The minimum absolute atomic E-state index is 0. The van der Waals surface area contributed by atoms with Crippen molar-refractivity contribution in [3.05, 3.63) is 47.1 Å². The molecule has 1 aromatic heterocycles. The summed E-state index contributed by atoms with van der Waals surface area (Å²) >= 11 is 8.52. The van der Waals surface area contributed by atoms with Crippen molar-refractivity contribution in [2.75, 3.05) is 45.7 Å². The van der Waals surface area contributed by atoms with Gasteiger partial charge in [0.05, 0.1) is 24.0 Å². The molecule has 1 saturated heterocycles. The van der Waals surface area contributed by atoms with E-state index < -0.39 is 0 Å². The van der Waals surface area contributed by atoms with E-state index in [1.807, 2.05) is 47.6 Å². The van der Waals surface area contributed by atoms with Gasteiger partial charge in [-0.25, -0.2) is 0 Å². The van der Waals surface area contributed by atoms with Gasteiger partial charge in [0.1, 0.15) is 22.4 Å². The number of carbonyl (C=O) groups is 2. The second-order valence-electron chi connectivity index (χ2n) is 9.46. The van der Waals surface area contributed by atoms with Crippen molar-refractivity contribution in [3.8, 4) is 11.3 Å². The second kappa shape index (κ2) is 16.0. The number of amides is 1. The van der Waals surface area contributed by atoms with Gasteiger partial charge in [0, 0.05) is 42.2 Å². The standard InChI is InChI=1S/C28H34N2O6S3.ClH/c1-38-23-8-5-19(6-9-23)24-10-7-22(36-24)18-25-26(33)30(28(37)39-25)21-4-2-3-20(17-21)27(34)35-16-13-29(11-14-31)12-15-32;/h5-10,18,20-21,31-32H,2-4,11-17H2,1H3;1H. The van der Waals surface area contributed by atoms with Crippen LogP contribution >= 0.6 is 48.1 Å². The first-order chi connectivity index (χ1) is 18.9. The highest BCUT2D eigenvalue weighted by atomic mass is 35.5. The van der Waals surface area contributed by atoms with Crippen molar-refractivity contribution < 1.29 is 29.0 Å². The van der Waals surface area contributed by atoms with Gasteiger partial charge in [-0.1, -0.05) is 42.5 Å². The molecule has 0 radical (unpaired) electrons. The predicted octanol–water partition coefficient (Wildman–Crippen LogP) is 4.68. The summed E-state index contributed by atoms with van der Waals surface area (Å²) in [5.74, 6) is 0.582. The third-order valence-electron chi connectivity index (χ3n) is 6.93. The number of thiocarbonyl (C=S) groups is 1. The number of halogens is 1. The number of hydrogen-bond donors (Lipinski definition) is 2. The summed E-state index contributed by atoms with van der Waals surface area (Å²) in [5.41, 5.74) is 0.967. The molecule has 1 aliphatic heterocycles. The van der Waals surface area contributed by atoms with Crippen LogP contribution in [0.25, 0.3) is 17.4 Å². The van der Waals surface area contributed by atoms with Gasteiger partial charge in [0.25, 0.3) is 5.91 Å². The molecule has 218 valence electrons. The first-order valence-electron chi connectivity index (χ1n) is 13.1. The average molecular weight is 627 g/mol. The van der Waals surface area contributed by atoms with Crippen LogP contribution in [0.4, 0.5) is 0 Å². The fraction of sp³-hybridized carbons (Fsp3) is 0.464. The molecule has 2 unspecified atom stereocenters. The Labute approximate surface area is 254 Å². The molecule has 40 heavy (non-hydrogen) atoms. The van der Waals surface area contributed by atoms with Gasteiger partial charge in [0.2, 0.25) is 0 Å². The third-order valence-corrected chi connectivity index (χ3v) is 9.00. The maximum atomic E-state index is 13.4. The summed E-state index contributed by atoms with van der Waals surface area (Å²) < 4.78 is 12.0. The number of aliphatic hydroxyl groups excluding tert-OH is 2. The molecule has 2 N–H and O–H groups in total. The summed E-state index contributed by atoms with van der Waals surface area (Å²) in [6, 6.07) is 11.7. The third kappa shape index (κ3) is 8.34. The zero-order valence-electron chi connectivity index (χ0n) is 22.3. The van der Waals surface area contributed by atoms with Crippen LogP contribution in [0.5, 0.6) is 0 Å². The van der Waals surface area contributed by atoms with Gasteiger partial charge in [0.15, 0.2) is 0 Å². The Kier molecular flexibility index (Phi) is 13.0. The van der Waals surface area contributed by atoms with E-state index in [1.54, 1.807) is 22.7 Å². The number of carbonyl (C=O) groups excluding carboxylic acids is 2. The lowest BCUT2D eigenvalue weighted by molar-refractivity contribution is -0.151. The summed E-state index contributed by atoms with van der Waals surface area (Å²) in [7, 11) is 0. The molecule has 2 atom stereocenters. The largest absolute Gasteiger partial charge is 0.464 e. The van der Waals surface area contributed by atoms with Crippen LogP contribution in [0, 0.1) is 5.92 Å². The number of esters is 1. The molecule has 2 fully saturated rings. The van der Waals surface area contributed by atoms with Crippen molar-refractivity contribution in [2.45, 2.75) is 36.6 Å². The molecule has 2 heterocycles. The van der Waals surface area contributed by atoms with Crippen LogP contribution in [-0.4, -0.2) is 88.0 Å². The Morgan fingerprint density at radius 3 is 2.58 bits per heavy atom. The van der Waals surface area contributed by atoms with Gasteiger partial charge in [-0.15, -0.1) is 24.2 Å². The average Bonchev–Trinajstić information content (AvgIpc) is 3.52. The first-order valence-corrected chi connectivity index (χ1v) is 15.5. The quantitative estimate of drug-likeness (QED) is 0.149. The van der Waals surface area contributed by atoms with Gasteiger partial charge in [-0.05, 0) is 49.8 Å². The molecule has 1 amide bonds. The van der Waals surface area contributed by atoms with Gasteiger partial charge in [-0.3, -0.25) is 19.4 Å². The number of thioether (sulfide) groups is 2. The van der Waals surface area contributed by atoms with Crippen LogP contribution in [0.2, 0.25) is 0 Å². The minimum Gasteiger partial charge on any atom is -0.464 e. The maximum absolute atomic E-state index is 13.4. The minimum atomic E-state index is -0.299. The van der Waals surface area contributed by atoms with Gasteiger partial charge < -0.3 is 19.4 Å². The second-order valence-corrected chi connectivity index (χ2v) is 12.0. The molecule has 1 saturated carbocycles. The fourth-order valence-corrected chi connectivity index (χ4v) is 6.68. The molecule has 2 aromatic rings. The van der Waals surface area contributed by atoms with E-state index in [-0.39, 0.29) is 56.1 Å².